The molecule has 0 bridgehead atoms. The third-order valence-corrected chi connectivity index (χ3v) is 5.78. The molecule has 0 amide bonds. The summed E-state index contributed by atoms with van der Waals surface area (Å²) < 4.78 is 11.0. The van der Waals surface area contributed by atoms with Gasteiger partial charge in [0.2, 0.25) is 0 Å². The van der Waals surface area contributed by atoms with Crippen LogP contribution in [0.2, 0.25) is 0 Å². The average Bonchev–Trinajstić information content (AvgIpc) is 3.66. The molecule has 0 N–H and O–H groups in total. The highest BCUT2D eigenvalue weighted by molar-refractivity contribution is 5.81. The van der Waals surface area contributed by atoms with Crippen LogP contribution in [0.4, 0.5) is 11.4 Å². The number of aromatic nitrogens is 2. The zero-order valence-electron chi connectivity index (χ0n) is 19.7. The van der Waals surface area contributed by atoms with Crippen molar-refractivity contribution < 1.29 is 9.47 Å². The zero-order chi connectivity index (χ0) is 23.2. The maximum Gasteiger partial charge on any atom is 0.124 e. The topological polar surface area (TPSA) is 50.7 Å². The van der Waals surface area contributed by atoms with Gasteiger partial charge in [0.1, 0.15) is 11.5 Å². The van der Waals surface area contributed by atoms with Gasteiger partial charge in [-0.3, -0.25) is 4.98 Å². The average molecular weight is 445 g/mol. The van der Waals surface area contributed by atoms with Gasteiger partial charge in [-0.2, -0.15) is 0 Å². The van der Waals surface area contributed by atoms with Gasteiger partial charge >= 0.3 is 0 Å². The standard InChI is InChI=1S/C27H32N4O2/c1-5-12-30(2)13-6-7-21-18-28-26-11-10-22(16-27(26)29-21)31(19-20-8-9-20)23-14-24(32-3)17-25(15-23)33-4/h5-6,10-11,13-18,20H,1,7-9,12,19H2,2-4H3/b13-6-. The Labute approximate surface area is 196 Å². The summed E-state index contributed by atoms with van der Waals surface area (Å²) in [5.41, 5.74) is 4.88. The molecule has 0 aliphatic heterocycles. The van der Waals surface area contributed by atoms with Crippen molar-refractivity contribution in [1.29, 1.82) is 0 Å². The van der Waals surface area contributed by atoms with Crippen molar-refractivity contribution in [2.24, 2.45) is 5.92 Å². The van der Waals surface area contributed by atoms with E-state index in [2.05, 4.69) is 57.9 Å². The molecular formula is C27H32N4O2. The molecule has 1 heterocycles. The fourth-order valence-corrected chi connectivity index (χ4v) is 3.79. The second kappa shape index (κ2) is 10.4. The van der Waals surface area contributed by atoms with Crippen LogP contribution < -0.4 is 14.4 Å². The van der Waals surface area contributed by atoms with Crippen LogP contribution in [0, 0.1) is 5.92 Å². The summed E-state index contributed by atoms with van der Waals surface area (Å²) in [4.78, 5) is 13.9. The largest absolute Gasteiger partial charge is 0.497 e. The van der Waals surface area contributed by atoms with Crippen LogP contribution in [-0.2, 0) is 6.42 Å². The Bertz CT molecular complexity index is 1120. The normalized spacial score (nSPS) is 13.3. The van der Waals surface area contributed by atoms with Gasteiger partial charge in [-0.25, -0.2) is 4.98 Å². The SMILES string of the molecule is C=CCN(C)/C=C\Cc1cnc2ccc(N(CC3CC3)c3cc(OC)cc(OC)c3)cc2n1. The molecule has 172 valence electrons. The number of hydrogen-bond acceptors (Lipinski definition) is 6. The van der Waals surface area contributed by atoms with Crippen molar-refractivity contribution >= 4 is 22.4 Å². The van der Waals surface area contributed by atoms with Gasteiger partial charge in [-0.05, 0) is 43.2 Å². The molecule has 0 saturated heterocycles. The smallest absolute Gasteiger partial charge is 0.124 e. The molecule has 6 nitrogen and oxygen atoms in total. The van der Waals surface area contributed by atoms with Gasteiger partial charge in [0.15, 0.2) is 0 Å². The molecular weight excluding hydrogens is 412 g/mol. The number of fused-ring (bicyclic) bond motifs is 1. The molecule has 0 spiro atoms. The number of ether oxygens (including phenoxy) is 2. The van der Waals surface area contributed by atoms with E-state index in [0.29, 0.717) is 5.92 Å². The molecule has 3 aromatic rings. The first-order valence-electron chi connectivity index (χ1n) is 11.3. The van der Waals surface area contributed by atoms with Gasteiger partial charge in [-0.1, -0.05) is 12.2 Å². The Hall–Kier alpha value is -3.54. The lowest BCUT2D eigenvalue weighted by Crippen LogP contribution is -2.20. The van der Waals surface area contributed by atoms with E-state index >= 15 is 0 Å². The second-order valence-electron chi connectivity index (χ2n) is 8.48. The highest BCUT2D eigenvalue weighted by Crippen LogP contribution is 2.38. The number of allylic oxidation sites excluding steroid dienone is 1. The minimum absolute atomic E-state index is 0.702. The molecule has 1 aromatic heterocycles. The molecule has 1 saturated carbocycles. The summed E-state index contributed by atoms with van der Waals surface area (Å²) in [6, 6.07) is 12.3. The Morgan fingerprint density at radius 3 is 2.45 bits per heavy atom. The molecule has 6 heteroatoms. The molecule has 1 fully saturated rings. The van der Waals surface area contributed by atoms with E-state index < -0.39 is 0 Å². The molecule has 33 heavy (non-hydrogen) atoms. The lowest BCUT2D eigenvalue weighted by molar-refractivity contribution is 0.394. The zero-order valence-corrected chi connectivity index (χ0v) is 19.7. The lowest BCUT2D eigenvalue weighted by atomic mass is 10.1. The summed E-state index contributed by atoms with van der Waals surface area (Å²) in [5.74, 6) is 2.26. The van der Waals surface area contributed by atoms with Crippen LogP contribution in [0.3, 0.4) is 0 Å². The number of methoxy groups -OCH3 is 2. The monoisotopic (exact) mass is 444 g/mol. The Balaban J connectivity index is 1.64. The van der Waals surface area contributed by atoms with Gasteiger partial charge in [0.05, 0.1) is 30.9 Å². The molecule has 2 aromatic carbocycles. The minimum atomic E-state index is 0.702. The predicted octanol–water partition coefficient (Wildman–Crippen LogP) is 5.37. The number of rotatable bonds is 11. The summed E-state index contributed by atoms with van der Waals surface area (Å²) in [6.07, 6.45) is 11.2. The van der Waals surface area contributed by atoms with Crippen LogP contribution >= 0.6 is 0 Å². The Morgan fingerprint density at radius 2 is 1.79 bits per heavy atom. The van der Waals surface area contributed by atoms with Crippen LogP contribution in [0.5, 0.6) is 11.5 Å². The lowest BCUT2D eigenvalue weighted by Gasteiger charge is -2.26. The van der Waals surface area contributed by atoms with Crippen LogP contribution in [0.1, 0.15) is 18.5 Å². The number of hydrogen-bond donors (Lipinski definition) is 0. The van der Waals surface area contributed by atoms with E-state index in [1.54, 1.807) is 14.2 Å². The second-order valence-corrected chi connectivity index (χ2v) is 8.48. The summed E-state index contributed by atoms with van der Waals surface area (Å²) in [6.45, 7) is 5.54. The van der Waals surface area contributed by atoms with Gasteiger partial charge in [-0.15, -0.1) is 6.58 Å². The van der Waals surface area contributed by atoms with Gasteiger partial charge < -0.3 is 19.3 Å². The third-order valence-electron chi connectivity index (χ3n) is 5.78. The van der Waals surface area contributed by atoms with E-state index in [4.69, 9.17) is 14.5 Å². The summed E-state index contributed by atoms with van der Waals surface area (Å²) in [7, 11) is 5.39. The Kier molecular flexibility index (Phi) is 7.13. The van der Waals surface area contributed by atoms with Crippen molar-refractivity contribution in [2.75, 3.05) is 39.3 Å². The number of benzene rings is 2. The summed E-state index contributed by atoms with van der Waals surface area (Å²) >= 11 is 0. The molecule has 0 radical (unpaired) electrons. The number of anilines is 2. The van der Waals surface area contributed by atoms with Crippen LogP contribution in [0.25, 0.3) is 11.0 Å². The highest BCUT2D eigenvalue weighted by Gasteiger charge is 2.26. The fourth-order valence-electron chi connectivity index (χ4n) is 3.79. The summed E-state index contributed by atoms with van der Waals surface area (Å²) in [5, 5.41) is 0. The quantitative estimate of drug-likeness (QED) is 0.371. The van der Waals surface area contributed by atoms with E-state index in [0.717, 1.165) is 59.1 Å². The molecule has 0 unspecified atom stereocenters. The maximum absolute atomic E-state index is 5.52. The first-order valence-corrected chi connectivity index (χ1v) is 11.3. The van der Waals surface area contributed by atoms with E-state index in [1.807, 2.05) is 31.5 Å². The van der Waals surface area contributed by atoms with Crippen molar-refractivity contribution in [2.45, 2.75) is 19.3 Å². The number of likely N-dealkylation sites (N-methyl/N-ethyl adjacent to an activating group) is 1. The van der Waals surface area contributed by atoms with Crippen molar-refractivity contribution in [3.05, 3.63) is 73.2 Å². The van der Waals surface area contributed by atoms with Crippen LogP contribution in [-0.4, -0.2) is 49.2 Å². The van der Waals surface area contributed by atoms with Gasteiger partial charge in [0, 0.05) is 62.3 Å². The third kappa shape index (κ3) is 5.83. The molecule has 4 rings (SSSR count). The van der Waals surface area contributed by atoms with Crippen molar-refractivity contribution in [3.63, 3.8) is 0 Å². The highest BCUT2D eigenvalue weighted by atomic mass is 16.5. The van der Waals surface area contributed by atoms with E-state index in [1.165, 1.54) is 12.8 Å². The van der Waals surface area contributed by atoms with Crippen molar-refractivity contribution in [1.82, 2.24) is 14.9 Å². The van der Waals surface area contributed by atoms with E-state index in [-0.39, 0.29) is 0 Å². The molecule has 0 atom stereocenters. The van der Waals surface area contributed by atoms with Crippen LogP contribution in [0.15, 0.2) is 67.5 Å². The molecule has 1 aliphatic carbocycles. The van der Waals surface area contributed by atoms with Gasteiger partial charge in [0.25, 0.3) is 0 Å². The van der Waals surface area contributed by atoms with E-state index in [9.17, 15) is 0 Å². The molecule has 1 aliphatic rings. The number of nitrogens with zero attached hydrogens (tertiary/aromatic N) is 4. The fraction of sp³-hybridized carbons (Fsp3) is 0.333. The predicted molar refractivity (Wildman–Crippen MR) is 134 cm³/mol. The first kappa shape index (κ1) is 22.6. The Morgan fingerprint density at radius 1 is 1.03 bits per heavy atom. The first-order chi connectivity index (χ1) is 16.1. The maximum atomic E-state index is 5.52. The van der Waals surface area contributed by atoms with Crippen molar-refractivity contribution in [3.8, 4) is 11.5 Å². The minimum Gasteiger partial charge on any atom is -0.497 e.